The van der Waals surface area contributed by atoms with Crippen LogP contribution in [0, 0.1) is 20.8 Å². The molecule has 9 heteroatoms. The summed E-state index contributed by atoms with van der Waals surface area (Å²) in [6, 6.07) is 21.0. The van der Waals surface area contributed by atoms with Crippen LogP contribution in [0.3, 0.4) is 0 Å². The minimum absolute atomic E-state index is 0.202. The number of rotatable bonds is 11. The lowest BCUT2D eigenvalue weighted by molar-refractivity contribution is -0.147. The number of aliphatic hydroxyl groups excluding tert-OH is 1. The van der Waals surface area contributed by atoms with E-state index in [1.807, 2.05) is 93.6 Å². The summed E-state index contributed by atoms with van der Waals surface area (Å²) in [5.41, 5.74) is 10.4. The molecule has 0 saturated carbocycles. The Balaban J connectivity index is 1.55. The molecule has 0 spiro atoms. The summed E-state index contributed by atoms with van der Waals surface area (Å²) in [5.74, 6) is -0.787. The van der Waals surface area contributed by atoms with E-state index < -0.39 is 41.3 Å². The lowest BCUT2D eigenvalue weighted by Gasteiger charge is -2.33. The van der Waals surface area contributed by atoms with Gasteiger partial charge in [-0.25, -0.2) is 0 Å². The summed E-state index contributed by atoms with van der Waals surface area (Å²) in [5, 5.41) is 13.9. The molecule has 0 radical (unpaired) electrons. The standard InChI is InChI=1S/C32H37N3O5S/c1-20-10-7-8-15-24(20)17-28-35(26(19-41-28)31(33)38)32(39)29(37)25(16-23-13-5-4-6-14-23)34-27(36)18-40-30-21(2)11-9-12-22(30)3/h4-15,25-26,28-29,37H,16-19H2,1-3H3,(H2,33,38)(H,34,36)/t25-,26?,28+,29-/m0/s1. The topological polar surface area (TPSA) is 122 Å². The van der Waals surface area contributed by atoms with Gasteiger partial charge in [0.15, 0.2) is 12.7 Å². The summed E-state index contributed by atoms with van der Waals surface area (Å²) in [4.78, 5) is 40.7. The fourth-order valence-electron chi connectivity index (χ4n) is 5.11. The van der Waals surface area contributed by atoms with E-state index in [1.54, 1.807) is 0 Å². The lowest BCUT2D eigenvalue weighted by Crippen LogP contribution is -2.58. The molecule has 1 heterocycles. The zero-order chi connectivity index (χ0) is 29.5. The van der Waals surface area contributed by atoms with E-state index in [0.29, 0.717) is 17.9 Å². The van der Waals surface area contributed by atoms with Crippen molar-refractivity contribution in [3.63, 3.8) is 0 Å². The van der Waals surface area contributed by atoms with Gasteiger partial charge in [-0.2, -0.15) is 0 Å². The first-order valence-corrected chi connectivity index (χ1v) is 14.7. The largest absolute Gasteiger partial charge is 0.483 e. The second-order valence-corrected chi connectivity index (χ2v) is 11.6. The van der Waals surface area contributed by atoms with Gasteiger partial charge in [-0.3, -0.25) is 14.4 Å². The molecule has 0 bridgehead atoms. The second kappa shape index (κ2) is 13.7. The van der Waals surface area contributed by atoms with Gasteiger partial charge in [0, 0.05) is 12.2 Å². The average Bonchev–Trinajstić information content (AvgIpc) is 3.37. The maximum atomic E-state index is 13.9. The highest BCUT2D eigenvalue weighted by molar-refractivity contribution is 8.00. The van der Waals surface area contributed by atoms with Gasteiger partial charge in [0.1, 0.15) is 11.8 Å². The zero-order valence-corrected chi connectivity index (χ0v) is 24.4. The van der Waals surface area contributed by atoms with E-state index in [4.69, 9.17) is 10.5 Å². The van der Waals surface area contributed by atoms with Crippen LogP contribution in [0.25, 0.3) is 0 Å². The van der Waals surface area contributed by atoms with E-state index in [9.17, 15) is 19.5 Å². The molecule has 1 aliphatic rings. The van der Waals surface area contributed by atoms with Crippen molar-refractivity contribution in [2.45, 2.75) is 57.2 Å². The number of hydrogen-bond donors (Lipinski definition) is 3. The van der Waals surface area contributed by atoms with Gasteiger partial charge in [-0.15, -0.1) is 11.8 Å². The monoisotopic (exact) mass is 575 g/mol. The number of amides is 3. The normalized spacial score (nSPS) is 18.0. The molecule has 8 nitrogen and oxygen atoms in total. The minimum atomic E-state index is -1.61. The van der Waals surface area contributed by atoms with Gasteiger partial charge in [0.25, 0.3) is 11.8 Å². The summed E-state index contributed by atoms with van der Waals surface area (Å²) >= 11 is 1.46. The number of ether oxygens (including phenoxy) is 1. The number of para-hydroxylation sites is 1. The highest BCUT2D eigenvalue weighted by atomic mass is 32.2. The number of aryl methyl sites for hydroxylation is 3. The third-order valence-corrected chi connectivity index (χ3v) is 8.65. The van der Waals surface area contributed by atoms with Gasteiger partial charge >= 0.3 is 0 Å². The number of benzene rings is 3. The number of carbonyl (C=O) groups is 3. The summed E-state index contributed by atoms with van der Waals surface area (Å²) in [6.07, 6.45) is -0.911. The predicted octanol–water partition coefficient (Wildman–Crippen LogP) is 3.08. The Labute approximate surface area is 245 Å². The molecule has 41 heavy (non-hydrogen) atoms. The van der Waals surface area contributed by atoms with E-state index in [2.05, 4.69) is 5.32 Å². The molecule has 216 valence electrons. The molecule has 3 amide bonds. The molecule has 4 N–H and O–H groups in total. The van der Waals surface area contributed by atoms with Crippen LogP contribution in [0.4, 0.5) is 0 Å². The SMILES string of the molecule is Cc1ccccc1C[C@H]1SCC(C(N)=O)N1C(=O)[C@@H](O)[C@H](Cc1ccccc1)NC(=O)COc1c(C)cccc1C. The van der Waals surface area contributed by atoms with Gasteiger partial charge in [0.2, 0.25) is 5.91 Å². The third kappa shape index (κ3) is 7.48. The van der Waals surface area contributed by atoms with Crippen molar-refractivity contribution in [2.24, 2.45) is 5.73 Å². The quantitative estimate of drug-likeness (QED) is 0.323. The molecule has 0 aromatic heterocycles. The smallest absolute Gasteiger partial charge is 0.258 e. The van der Waals surface area contributed by atoms with E-state index >= 15 is 0 Å². The fraction of sp³-hybridized carbons (Fsp3) is 0.344. The molecular weight excluding hydrogens is 538 g/mol. The molecule has 4 rings (SSSR count). The molecule has 0 aliphatic carbocycles. The molecule has 3 aromatic rings. The van der Waals surface area contributed by atoms with Crippen LogP contribution in [0.5, 0.6) is 5.75 Å². The van der Waals surface area contributed by atoms with Crippen molar-refractivity contribution in [2.75, 3.05) is 12.4 Å². The van der Waals surface area contributed by atoms with E-state index in [-0.39, 0.29) is 13.0 Å². The van der Waals surface area contributed by atoms with Gasteiger partial charge in [-0.1, -0.05) is 72.8 Å². The molecule has 1 unspecified atom stereocenters. The Morgan fingerprint density at radius 1 is 0.976 bits per heavy atom. The molecule has 4 atom stereocenters. The number of hydrogen-bond acceptors (Lipinski definition) is 6. The first-order chi connectivity index (χ1) is 19.7. The van der Waals surface area contributed by atoms with Crippen molar-refractivity contribution < 1.29 is 24.2 Å². The van der Waals surface area contributed by atoms with Gasteiger partial charge in [0.05, 0.1) is 11.4 Å². The van der Waals surface area contributed by atoms with Crippen molar-refractivity contribution in [3.8, 4) is 5.75 Å². The lowest BCUT2D eigenvalue weighted by atomic mass is 9.99. The summed E-state index contributed by atoms with van der Waals surface area (Å²) in [7, 11) is 0. The summed E-state index contributed by atoms with van der Waals surface area (Å²) in [6.45, 7) is 5.51. The number of carbonyl (C=O) groups excluding carboxylic acids is 3. The first kappa shape index (κ1) is 30.1. The highest BCUT2D eigenvalue weighted by Gasteiger charge is 2.44. The summed E-state index contributed by atoms with van der Waals surface area (Å²) < 4.78 is 5.81. The Kier molecular flexibility index (Phi) is 10.1. The van der Waals surface area contributed by atoms with Gasteiger partial charge < -0.3 is 25.8 Å². The average molecular weight is 576 g/mol. The maximum absolute atomic E-state index is 13.9. The van der Waals surface area contributed by atoms with Crippen LogP contribution >= 0.6 is 11.8 Å². The number of aliphatic hydroxyl groups is 1. The van der Waals surface area contributed by atoms with Crippen LogP contribution in [0.1, 0.15) is 27.8 Å². The molecule has 1 saturated heterocycles. The maximum Gasteiger partial charge on any atom is 0.258 e. The van der Waals surface area contributed by atoms with Crippen LogP contribution in [0.15, 0.2) is 72.8 Å². The van der Waals surface area contributed by atoms with Crippen molar-refractivity contribution in [3.05, 3.63) is 101 Å². The fourth-order valence-corrected chi connectivity index (χ4v) is 6.55. The third-order valence-electron chi connectivity index (χ3n) is 7.37. The Morgan fingerprint density at radius 2 is 1.61 bits per heavy atom. The highest BCUT2D eigenvalue weighted by Crippen LogP contribution is 2.33. The molecule has 1 aliphatic heterocycles. The van der Waals surface area contributed by atoms with Crippen molar-refractivity contribution in [1.82, 2.24) is 10.2 Å². The number of nitrogens with zero attached hydrogens (tertiary/aromatic N) is 1. The van der Waals surface area contributed by atoms with Gasteiger partial charge in [-0.05, 0) is 55.0 Å². The van der Waals surface area contributed by atoms with Crippen LogP contribution < -0.4 is 15.8 Å². The second-order valence-electron chi connectivity index (χ2n) is 10.4. The molecule has 3 aromatic carbocycles. The number of nitrogens with two attached hydrogens (primary N) is 1. The molecular formula is C32H37N3O5S. The Morgan fingerprint density at radius 3 is 2.27 bits per heavy atom. The Hall–Kier alpha value is -3.82. The van der Waals surface area contributed by atoms with Crippen molar-refractivity contribution >= 4 is 29.5 Å². The predicted molar refractivity (Wildman–Crippen MR) is 160 cm³/mol. The van der Waals surface area contributed by atoms with Crippen LogP contribution in [-0.4, -0.2) is 63.6 Å². The molecule has 1 fully saturated rings. The zero-order valence-electron chi connectivity index (χ0n) is 23.6. The van der Waals surface area contributed by atoms with E-state index in [0.717, 1.165) is 27.8 Å². The number of thioether (sulfide) groups is 1. The number of nitrogens with one attached hydrogen (secondary N) is 1. The minimum Gasteiger partial charge on any atom is -0.483 e. The number of primary amides is 1. The first-order valence-electron chi connectivity index (χ1n) is 13.6. The van der Waals surface area contributed by atoms with E-state index in [1.165, 1.54) is 16.7 Å². The van der Waals surface area contributed by atoms with Crippen LogP contribution in [0.2, 0.25) is 0 Å². The van der Waals surface area contributed by atoms with Crippen molar-refractivity contribution in [1.29, 1.82) is 0 Å². The Bertz CT molecular complexity index is 1360. The van der Waals surface area contributed by atoms with Crippen LogP contribution in [-0.2, 0) is 27.2 Å².